The second kappa shape index (κ2) is 6.83. The zero-order valence-corrected chi connectivity index (χ0v) is 13.5. The van der Waals surface area contributed by atoms with E-state index in [4.69, 9.17) is 0 Å². The van der Waals surface area contributed by atoms with Gasteiger partial charge < -0.3 is 5.32 Å². The second-order valence-electron chi connectivity index (χ2n) is 5.01. The number of rotatable bonds is 5. The average molecular weight is 349 g/mol. The molecule has 1 N–H and O–H groups in total. The van der Waals surface area contributed by atoms with Crippen molar-refractivity contribution in [2.45, 2.75) is 25.9 Å². The number of hydrogen-bond donors (Lipinski definition) is 1. The Hall–Kier alpha value is -1.72. The smallest absolute Gasteiger partial charge is 0.269 e. The van der Waals surface area contributed by atoms with Gasteiger partial charge in [0.1, 0.15) is 0 Å². The third-order valence-electron chi connectivity index (χ3n) is 3.47. The lowest BCUT2D eigenvalue weighted by atomic mass is 10.0. The van der Waals surface area contributed by atoms with Gasteiger partial charge in [-0.3, -0.25) is 10.1 Å². The van der Waals surface area contributed by atoms with Crippen LogP contribution in [-0.2, 0) is 0 Å². The molecule has 4 nitrogen and oxygen atoms in total. The highest BCUT2D eigenvalue weighted by molar-refractivity contribution is 9.10. The minimum atomic E-state index is -0.383. The van der Waals surface area contributed by atoms with Crippen molar-refractivity contribution in [1.29, 1.82) is 0 Å². The van der Waals surface area contributed by atoms with E-state index in [1.807, 2.05) is 12.1 Å². The minimum Gasteiger partial charge on any atom is -0.304 e. The van der Waals surface area contributed by atoms with Gasteiger partial charge >= 0.3 is 0 Å². The lowest BCUT2D eigenvalue weighted by Crippen LogP contribution is -2.22. The molecule has 0 aliphatic carbocycles. The fourth-order valence-corrected chi connectivity index (χ4v) is 2.47. The van der Waals surface area contributed by atoms with Crippen LogP contribution >= 0.6 is 15.9 Å². The Morgan fingerprint density at radius 3 is 1.81 bits per heavy atom. The van der Waals surface area contributed by atoms with Crippen LogP contribution in [0.15, 0.2) is 53.0 Å². The molecular weight excluding hydrogens is 332 g/mol. The van der Waals surface area contributed by atoms with Crippen molar-refractivity contribution in [2.75, 3.05) is 0 Å². The van der Waals surface area contributed by atoms with E-state index >= 15 is 0 Å². The second-order valence-corrected chi connectivity index (χ2v) is 5.93. The van der Waals surface area contributed by atoms with E-state index in [-0.39, 0.29) is 22.7 Å². The lowest BCUT2D eigenvalue weighted by Gasteiger charge is -2.20. The van der Waals surface area contributed by atoms with Crippen molar-refractivity contribution in [3.05, 3.63) is 74.2 Å². The van der Waals surface area contributed by atoms with Gasteiger partial charge in [-0.15, -0.1) is 0 Å². The summed E-state index contributed by atoms with van der Waals surface area (Å²) >= 11 is 3.43. The summed E-state index contributed by atoms with van der Waals surface area (Å²) < 4.78 is 1.06. The Labute approximate surface area is 132 Å². The van der Waals surface area contributed by atoms with Crippen LogP contribution in [0.2, 0.25) is 0 Å². The monoisotopic (exact) mass is 348 g/mol. The molecule has 0 saturated carbocycles. The zero-order chi connectivity index (χ0) is 15.4. The van der Waals surface area contributed by atoms with E-state index in [1.165, 1.54) is 17.7 Å². The Balaban J connectivity index is 2.04. The number of benzene rings is 2. The van der Waals surface area contributed by atoms with Gasteiger partial charge in [-0.1, -0.05) is 40.2 Å². The molecule has 0 aromatic heterocycles. The van der Waals surface area contributed by atoms with Gasteiger partial charge in [0.05, 0.1) is 4.92 Å². The molecule has 0 bridgehead atoms. The third kappa shape index (κ3) is 4.12. The molecule has 5 heteroatoms. The first-order valence-corrected chi connectivity index (χ1v) is 7.52. The van der Waals surface area contributed by atoms with Crippen LogP contribution in [-0.4, -0.2) is 4.92 Å². The van der Waals surface area contributed by atoms with Crippen molar-refractivity contribution in [3.8, 4) is 0 Å². The summed E-state index contributed by atoms with van der Waals surface area (Å²) in [7, 11) is 0. The lowest BCUT2D eigenvalue weighted by molar-refractivity contribution is -0.384. The summed E-state index contributed by atoms with van der Waals surface area (Å²) in [6.45, 7) is 4.15. The van der Waals surface area contributed by atoms with Crippen molar-refractivity contribution in [3.63, 3.8) is 0 Å². The molecule has 2 aromatic carbocycles. The quantitative estimate of drug-likeness (QED) is 0.625. The van der Waals surface area contributed by atoms with E-state index in [1.54, 1.807) is 12.1 Å². The summed E-state index contributed by atoms with van der Waals surface area (Å²) in [6.07, 6.45) is 0. The number of nitrogens with one attached hydrogen (secondary N) is 1. The van der Waals surface area contributed by atoms with Crippen LogP contribution in [0.1, 0.15) is 37.1 Å². The average Bonchev–Trinajstić information content (AvgIpc) is 2.47. The molecule has 0 aliphatic heterocycles. The zero-order valence-electron chi connectivity index (χ0n) is 11.9. The molecule has 2 rings (SSSR count). The van der Waals surface area contributed by atoms with Gasteiger partial charge in [0, 0.05) is 28.7 Å². The van der Waals surface area contributed by atoms with E-state index in [0.29, 0.717) is 0 Å². The van der Waals surface area contributed by atoms with Crippen molar-refractivity contribution in [1.82, 2.24) is 5.32 Å². The normalized spacial score (nSPS) is 13.7. The molecule has 0 saturated heterocycles. The number of hydrogen-bond acceptors (Lipinski definition) is 3. The van der Waals surface area contributed by atoms with Gasteiger partial charge in [-0.2, -0.15) is 0 Å². The topological polar surface area (TPSA) is 55.2 Å². The van der Waals surface area contributed by atoms with Crippen LogP contribution < -0.4 is 5.32 Å². The largest absolute Gasteiger partial charge is 0.304 e. The van der Waals surface area contributed by atoms with Crippen molar-refractivity contribution in [2.24, 2.45) is 0 Å². The predicted octanol–water partition coefficient (Wildman–Crippen LogP) is 4.77. The highest BCUT2D eigenvalue weighted by atomic mass is 79.9. The predicted molar refractivity (Wildman–Crippen MR) is 87.2 cm³/mol. The Morgan fingerprint density at radius 1 is 0.952 bits per heavy atom. The first-order valence-electron chi connectivity index (χ1n) is 6.73. The maximum absolute atomic E-state index is 10.7. The Bertz CT molecular complexity index is 611. The molecule has 0 aliphatic rings. The van der Waals surface area contributed by atoms with Crippen molar-refractivity contribution < 1.29 is 4.92 Å². The minimum absolute atomic E-state index is 0.115. The van der Waals surface area contributed by atoms with Gasteiger partial charge in [0.25, 0.3) is 5.69 Å². The summed E-state index contributed by atoms with van der Waals surface area (Å²) in [5.74, 6) is 0. The highest BCUT2D eigenvalue weighted by Crippen LogP contribution is 2.22. The van der Waals surface area contributed by atoms with Gasteiger partial charge in [0.15, 0.2) is 0 Å². The maximum Gasteiger partial charge on any atom is 0.269 e. The molecule has 2 atom stereocenters. The number of halogens is 1. The van der Waals surface area contributed by atoms with E-state index < -0.39 is 0 Å². The van der Waals surface area contributed by atoms with Crippen LogP contribution in [0.4, 0.5) is 5.69 Å². The summed E-state index contributed by atoms with van der Waals surface area (Å²) in [5, 5.41) is 14.2. The van der Waals surface area contributed by atoms with Gasteiger partial charge in [-0.25, -0.2) is 0 Å². The number of nitro benzene ring substituents is 1. The molecule has 0 radical (unpaired) electrons. The molecule has 0 heterocycles. The number of nitrogens with zero attached hydrogens (tertiary/aromatic N) is 1. The molecule has 0 spiro atoms. The Morgan fingerprint density at radius 2 is 1.38 bits per heavy atom. The third-order valence-corrected chi connectivity index (χ3v) is 4.00. The van der Waals surface area contributed by atoms with E-state index in [9.17, 15) is 10.1 Å². The molecule has 2 aromatic rings. The number of nitro groups is 1. The van der Waals surface area contributed by atoms with Crippen LogP contribution in [0, 0.1) is 10.1 Å². The molecular formula is C16H17BrN2O2. The summed E-state index contributed by atoms with van der Waals surface area (Å²) in [4.78, 5) is 10.3. The fourth-order valence-electron chi connectivity index (χ4n) is 2.20. The SMILES string of the molecule is CC(NC(C)c1ccc([N+](=O)[O-])cc1)c1ccc(Br)cc1. The first-order chi connectivity index (χ1) is 9.97. The van der Waals surface area contributed by atoms with E-state index in [0.717, 1.165) is 10.0 Å². The van der Waals surface area contributed by atoms with Crippen molar-refractivity contribution >= 4 is 21.6 Å². The number of non-ortho nitro benzene ring substituents is 1. The standard InChI is InChI=1S/C16H17BrN2O2/c1-11(13-3-7-15(17)8-4-13)18-12(2)14-5-9-16(10-6-14)19(20)21/h3-12,18H,1-2H3. The Kier molecular flexibility index (Phi) is 5.09. The highest BCUT2D eigenvalue weighted by Gasteiger charge is 2.12. The van der Waals surface area contributed by atoms with Crippen LogP contribution in [0.3, 0.4) is 0 Å². The van der Waals surface area contributed by atoms with Gasteiger partial charge in [-0.05, 0) is 37.1 Å². The fraction of sp³-hybridized carbons (Fsp3) is 0.250. The molecule has 2 unspecified atom stereocenters. The van der Waals surface area contributed by atoms with Gasteiger partial charge in [0.2, 0.25) is 0 Å². The summed E-state index contributed by atoms with van der Waals surface area (Å²) in [6, 6.07) is 15.2. The first kappa shape index (κ1) is 15.7. The van der Waals surface area contributed by atoms with Crippen LogP contribution in [0.25, 0.3) is 0 Å². The molecule has 21 heavy (non-hydrogen) atoms. The molecule has 0 fully saturated rings. The summed E-state index contributed by atoms with van der Waals surface area (Å²) in [5.41, 5.74) is 2.35. The van der Waals surface area contributed by atoms with E-state index in [2.05, 4.69) is 47.2 Å². The van der Waals surface area contributed by atoms with Crippen LogP contribution in [0.5, 0.6) is 0 Å². The molecule has 0 amide bonds. The molecule has 110 valence electrons. The maximum atomic E-state index is 10.7.